The Labute approximate surface area is 169 Å². The summed E-state index contributed by atoms with van der Waals surface area (Å²) in [6, 6.07) is 11.7. The molecular weight excluding hydrogens is 381 g/mol. The first kappa shape index (κ1) is 20.3. The number of amides is 2. The predicted octanol–water partition coefficient (Wildman–Crippen LogP) is 3.57. The molecule has 2 aromatic rings. The number of hydrogen-bond donors (Lipinski definition) is 1. The number of rotatable bonds is 5. The quantitative estimate of drug-likeness (QED) is 0.830. The second-order valence-electron chi connectivity index (χ2n) is 6.88. The van der Waals surface area contributed by atoms with Crippen LogP contribution in [0.5, 0.6) is 0 Å². The fraction of sp³-hybridized carbons (Fsp3) is 0.333. The van der Waals surface area contributed by atoms with Gasteiger partial charge in [0.2, 0.25) is 5.91 Å². The third-order valence-corrected chi connectivity index (χ3v) is 5.21. The van der Waals surface area contributed by atoms with E-state index in [0.717, 1.165) is 0 Å². The Morgan fingerprint density at radius 3 is 2.50 bits per heavy atom. The highest BCUT2D eigenvalue weighted by molar-refractivity contribution is 6.33. The molecule has 0 unspecified atom stereocenters. The van der Waals surface area contributed by atoms with E-state index in [0.29, 0.717) is 61.0 Å². The molecule has 0 radical (unpaired) electrons. The summed E-state index contributed by atoms with van der Waals surface area (Å²) in [5, 5.41) is 3.32. The van der Waals surface area contributed by atoms with Crippen molar-refractivity contribution in [2.45, 2.75) is 13.3 Å². The van der Waals surface area contributed by atoms with Crippen LogP contribution in [0.3, 0.4) is 0 Å². The zero-order valence-corrected chi connectivity index (χ0v) is 16.5. The number of piperazine rings is 1. The van der Waals surface area contributed by atoms with Crippen LogP contribution in [0.1, 0.15) is 22.3 Å². The number of halogens is 2. The van der Waals surface area contributed by atoms with E-state index in [1.54, 1.807) is 36.1 Å². The van der Waals surface area contributed by atoms with Crippen molar-refractivity contribution in [2.24, 2.45) is 0 Å². The second-order valence-corrected chi connectivity index (χ2v) is 7.28. The van der Waals surface area contributed by atoms with Gasteiger partial charge < -0.3 is 10.2 Å². The van der Waals surface area contributed by atoms with Gasteiger partial charge in [-0.05, 0) is 36.8 Å². The number of benzene rings is 2. The smallest absolute Gasteiger partial charge is 0.254 e. The van der Waals surface area contributed by atoms with Crippen LogP contribution < -0.4 is 5.32 Å². The molecule has 0 saturated carbocycles. The van der Waals surface area contributed by atoms with Crippen LogP contribution in [0.15, 0.2) is 42.5 Å². The molecule has 1 aliphatic heterocycles. The number of carbonyl (C=O) groups is 2. The van der Waals surface area contributed by atoms with Crippen molar-refractivity contribution >= 4 is 29.1 Å². The highest BCUT2D eigenvalue weighted by Gasteiger charge is 2.23. The fourth-order valence-electron chi connectivity index (χ4n) is 3.12. The minimum absolute atomic E-state index is 0.0956. The lowest BCUT2D eigenvalue weighted by atomic mass is 10.1. The molecular formula is C21H23ClFN3O2. The van der Waals surface area contributed by atoms with Gasteiger partial charge in [0.25, 0.3) is 5.91 Å². The SMILES string of the molecule is Cc1ccc(C(=O)N2CCN(CCC(=O)Nc3ccccc3Cl)CC2)cc1F. The van der Waals surface area contributed by atoms with E-state index in [9.17, 15) is 14.0 Å². The summed E-state index contributed by atoms with van der Waals surface area (Å²) in [6.45, 7) is 4.75. The van der Waals surface area contributed by atoms with Crippen molar-refractivity contribution in [3.05, 3.63) is 64.4 Å². The summed E-state index contributed by atoms with van der Waals surface area (Å²) in [6.07, 6.45) is 0.350. The first-order valence-electron chi connectivity index (χ1n) is 9.26. The minimum Gasteiger partial charge on any atom is -0.336 e. The molecule has 0 atom stereocenters. The normalized spacial score (nSPS) is 14.8. The lowest BCUT2D eigenvalue weighted by Crippen LogP contribution is -2.49. The van der Waals surface area contributed by atoms with Gasteiger partial charge in [-0.3, -0.25) is 14.5 Å². The van der Waals surface area contributed by atoms with Crippen molar-refractivity contribution in [3.63, 3.8) is 0 Å². The summed E-state index contributed by atoms with van der Waals surface area (Å²) in [4.78, 5) is 28.5. The molecule has 0 aromatic heterocycles. The van der Waals surface area contributed by atoms with Crippen LogP contribution in [-0.2, 0) is 4.79 Å². The van der Waals surface area contributed by atoms with Gasteiger partial charge in [-0.15, -0.1) is 0 Å². The molecule has 1 aliphatic rings. The van der Waals surface area contributed by atoms with E-state index < -0.39 is 0 Å². The first-order chi connectivity index (χ1) is 13.4. The van der Waals surface area contributed by atoms with Crippen molar-refractivity contribution in [3.8, 4) is 0 Å². The third-order valence-electron chi connectivity index (χ3n) is 4.88. The van der Waals surface area contributed by atoms with E-state index in [-0.39, 0.29) is 17.6 Å². The highest BCUT2D eigenvalue weighted by Crippen LogP contribution is 2.20. The summed E-state index contributed by atoms with van der Waals surface area (Å²) < 4.78 is 13.7. The molecule has 5 nitrogen and oxygen atoms in total. The van der Waals surface area contributed by atoms with Gasteiger partial charge in [0.05, 0.1) is 10.7 Å². The Balaban J connectivity index is 1.45. The lowest BCUT2D eigenvalue weighted by molar-refractivity contribution is -0.116. The number of aryl methyl sites for hydroxylation is 1. The van der Waals surface area contributed by atoms with Gasteiger partial charge >= 0.3 is 0 Å². The number of anilines is 1. The van der Waals surface area contributed by atoms with E-state index >= 15 is 0 Å². The summed E-state index contributed by atoms with van der Waals surface area (Å²) in [5.41, 5.74) is 1.50. The van der Waals surface area contributed by atoms with Gasteiger partial charge in [0, 0.05) is 44.7 Å². The van der Waals surface area contributed by atoms with Crippen LogP contribution in [-0.4, -0.2) is 54.3 Å². The second kappa shape index (κ2) is 9.17. The van der Waals surface area contributed by atoms with E-state index in [1.165, 1.54) is 6.07 Å². The number of nitrogens with zero attached hydrogens (tertiary/aromatic N) is 2. The molecule has 148 valence electrons. The maximum Gasteiger partial charge on any atom is 0.254 e. The number of hydrogen-bond acceptors (Lipinski definition) is 3. The highest BCUT2D eigenvalue weighted by atomic mass is 35.5. The number of nitrogens with one attached hydrogen (secondary N) is 1. The Morgan fingerprint density at radius 1 is 1.11 bits per heavy atom. The van der Waals surface area contributed by atoms with E-state index in [2.05, 4.69) is 10.2 Å². The van der Waals surface area contributed by atoms with Crippen LogP contribution >= 0.6 is 11.6 Å². The van der Waals surface area contributed by atoms with Crippen molar-refractivity contribution in [1.82, 2.24) is 9.80 Å². The van der Waals surface area contributed by atoms with Crippen molar-refractivity contribution in [2.75, 3.05) is 38.0 Å². The average Bonchev–Trinajstić information content (AvgIpc) is 2.70. The maximum atomic E-state index is 13.7. The predicted molar refractivity (Wildman–Crippen MR) is 108 cm³/mol. The molecule has 1 fully saturated rings. The van der Waals surface area contributed by atoms with Gasteiger partial charge in [-0.25, -0.2) is 4.39 Å². The van der Waals surface area contributed by atoms with Crippen molar-refractivity contribution in [1.29, 1.82) is 0 Å². The molecule has 1 heterocycles. The van der Waals surface area contributed by atoms with Crippen LogP contribution in [0, 0.1) is 12.7 Å². The fourth-order valence-corrected chi connectivity index (χ4v) is 3.30. The van der Waals surface area contributed by atoms with Gasteiger partial charge in [0.1, 0.15) is 5.82 Å². The largest absolute Gasteiger partial charge is 0.336 e. The van der Waals surface area contributed by atoms with E-state index in [1.807, 2.05) is 12.1 Å². The molecule has 2 aromatic carbocycles. The number of para-hydroxylation sites is 1. The Hall–Kier alpha value is -2.44. The van der Waals surface area contributed by atoms with Crippen LogP contribution in [0.2, 0.25) is 5.02 Å². The van der Waals surface area contributed by atoms with Crippen molar-refractivity contribution < 1.29 is 14.0 Å². The van der Waals surface area contributed by atoms with Crippen LogP contribution in [0.25, 0.3) is 0 Å². The van der Waals surface area contributed by atoms with Gasteiger partial charge in [-0.1, -0.05) is 29.8 Å². The third kappa shape index (κ3) is 5.09. The van der Waals surface area contributed by atoms with Gasteiger partial charge in [0.15, 0.2) is 0 Å². The average molecular weight is 404 g/mol. The summed E-state index contributed by atoms with van der Waals surface area (Å²) in [5.74, 6) is -0.620. The molecule has 0 spiro atoms. The topological polar surface area (TPSA) is 52.7 Å². The first-order valence-corrected chi connectivity index (χ1v) is 9.64. The lowest BCUT2D eigenvalue weighted by Gasteiger charge is -2.34. The Morgan fingerprint density at radius 2 is 1.82 bits per heavy atom. The Bertz CT molecular complexity index is 866. The van der Waals surface area contributed by atoms with Crippen LogP contribution in [0.4, 0.5) is 10.1 Å². The molecule has 28 heavy (non-hydrogen) atoms. The van der Waals surface area contributed by atoms with E-state index in [4.69, 9.17) is 11.6 Å². The zero-order chi connectivity index (χ0) is 20.1. The molecule has 7 heteroatoms. The number of carbonyl (C=O) groups excluding carboxylic acids is 2. The molecule has 1 N–H and O–H groups in total. The molecule has 0 aliphatic carbocycles. The maximum absolute atomic E-state index is 13.7. The monoisotopic (exact) mass is 403 g/mol. The summed E-state index contributed by atoms with van der Waals surface area (Å²) in [7, 11) is 0. The Kier molecular flexibility index (Phi) is 6.65. The molecule has 3 rings (SSSR count). The molecule has 2 amide bonds. The molecule has 0 bridgehead atoms. The minimum atomic E-state index is -0.367. The zero-order valence-electron chi connectivity index (χ0n) is 15.8. The molecule has 1 saturated heterocycles. The van der Waals surface area contributed by atoms with Gasteiger partial charge in [-0.2, -0.15) is 0 Å². The summed E-state index contributed by atoms with van der Waals surface area (Å²) >= 11 is 6.05. The standard InChI is InChI=1S/C21H23ClFN3O2/c1-15-6-7-16(14-18(15)23)21(28)26-12-10-25(11-13-26)9-8-20(27)24-19-5-3-2-4-17(19)22/h2-7,14H,8-13H2,1H3,(H,24,27).